The fraction of sp³-hybridized carbons (Fsp3) is 0.231. The van der Waals surface area contributed by atoms with Crippen molar-refractivity contribution < 1.29 is 17.1 Å². The zero-order valence-corrected chi connectivity index (χ0v) is 11.7. The van der Waals surface area contributed by atoms with Gasteiger partial charge in [-0.2, -0.15) is 13.5 Å². The van der Waals surface area contributed by atoms with Gasteiger partial charge in [0.05, 0.1) is 5.69 Å². The zero-order chi connectivity index (χ0) is 15.0. The van der Waals surface area contributed by atoms with Gasteiger partial charge >= 0.3 is 10.2 Å². The molecule has 1 atom stereocenters. The highest BCUT2D eigenvalue weighted by molar-refractivity contribution is 7.87. The van der Waals surface area contributed by atoms with Gasteiger partial charge in [-0.15, -0.1) is 3.89 Å². The van der Waals surface area contributed by atoms with E-state index in [1.807, 2.05) is 30.3 Å². The molecule has 0 saturated carbocycles. The van der Waals surface area contributed by atoms with Crippen LogP contribution in [0.4, 0.5) is 9.70 Å². The Morgan fingerprint density at radius 1 is 1.29 bits per heavy atom. The summed E-state index contributed by atoms with van der Waals surface area (Å²) in [6.07, 6.45) is -0.355. The third-order valence-electron chi connectivity index (χ3n) is 3.41. The lowest BCUT2D eigenvalue weighted by molar-refractivity contribution is -0.117. The highest BCUT2D eigenvalue weighted by Crippen LogP contribution is 2.27. The summed E-state index contributed by atoms with van der Waals surface area (Å²) in [6.45, 7) is -0.212. The Bertz CT molecular complexity index is 773. The summed E-state index contributed by atoms with van der Waals surface area (Å²) in [5.74, 6) is -0.155. The van der Waals surface area contributed by atoms with E-state index >= 15 is 0 Å². The van der Waals surface area contributed by atoms with Crippen LogP contribution < -0.4 is 4.90 Å². The van der Waals surface area contributed by atoms with Gasteiger partial charge in [-0.25, -0.2) is 0 Å². The fourth-order valence-corrected chi connectivity index (χ4v) is 2.97. The normalized spacial score (nSPS) is 19.2. The molecule has 3 rings (SSSR count). The number of hydrogen-bond acceptors (Lipinski definition) is 4. The molecule has 6 nitrogen and oxygen atoms in total. The van der Waals surface area contributed by atoms with Crippen LogP contribution in [-0.2, 0) is 15.0 Å². The first kappa shape index (κ1) is 13.7. The minimum absolute atomic E-state index is 0.212. The van der Waals surface area contributed by atoms with Gasteiger partial charge in [-0.3, -0.25) is 14.8 Å². The number of halogens is 1. The van der Waals surface area contributed by atoms with E-state index in [0.29, 0.717) is 11.5 Å². The lowest BCUT2D eigenvalue weighted by Crippen LogP contribution is -2.27. The van der Waals surface area contributed by atoms with Crippen LogP contribution in [0, 0.1) is 0 Å². The number of benzene rings is 1. The van der Waals surface area contributed by atoms with Crippen LogP contribution >= 0.6 is 0 Å². The standard InChI is InChI=1S/C13H12FN3O3S/c14-21(19,20)10-6-13(18)17(8-10)12-7-11(15-16-12)9-4-2-1-3-5-9/h1-5,7,10H,6,8H2,(H,15,16). The quantitative estimate of drug-likeness (QED) is 0.871. The molecular weight excluding hydrogens is 297 g/mol. The van der Waals surface area contributed by atoms with Crippen LogP contribution in [-0.4, -0.2) is 36.3 Å². The molecule has 1 fully saturated rings. The second-order valence-electron chi connectivity index (χ2n) is 4.81. The van der Waals surface area contributed by atoms with E-state index in [1.165, 1.54) is 4.90 Å². The number of hydrogen-bond donors (Lipinski definition) is 1. The number of carbonyl (C=O) groups is 1. The van der Waals surface area contributed by atoms with Crippen molar-refractivity contribution in [2.45, 2.75) is 11.7 Å². The van der Waals surface area contributed by atoms with Gasteiger partial charge in [0, 0.05) is 19.0 Å². The lowest BCUT2D eigenvalue weighted by atomic mass is 10.1. The molecular formula is C13H12FN3O3S. The van der Waals surface area contributed by atoms with Gasteiger partial charge in [0.2, 0.25) is 5.91 Å². The first-order chi connectivity index (χ1) is 9.95. The highest BCUT2D eigenvalue weighted by atomic mass is 32.3. The number of aromatic amines is 1. The summed E-state index contributed by atoms with van der Waals surface area (Å²) in [4.78, 5) is 13.0. The number of H-pyrrole nitrogens is 1. The van der Waals surface area contributed by atoms with Crippen LogP contribution in [0.25, 0.3) is 11.3 Å². The van der Waals surface area contributed by atoms with Crippen LogP contribution in [0.15, 0.2) is 36.4 Å². The topological polar surface area (TPSA) is 83.1 Å². The van der Waals surface area contributed by atoms with Crippen molar-refractivity contribution in [3.05, 3.63) is 36.4 Å². The molecule has 1 N–H and O–H groups in total. The Labute approximate surface area is 120 Å². The molecule has 1 aromatic carbocycles. The van der Waals surface area contributed by atoms with E-state index in [-0.39, 0.29) is 13.0 Å². The lowest BCUT2D eigenvalue weighted by Gasteiger charge is -2.11. The largest absolute Gasteiger partial charge is 0.307 e. The van der Waals surface area contributed by atoms with Crippen molar-refractivity contribution in [1.82, 2.24) is 10.2 Å². The first-order valence-corrected chi connectivity index (χ1v) is 7.74. The Balaban J connectivity index is 1.86. The van der Waals surface area contributed by atoms with Gasteiger partial charge in [-0.05, 0) is 5.56 Å². The molecule has 0 spiro atoms. The van der Waals surface area contributed by atoms with E-state index in [9.17, 15) is 17.1 Å². The van der Waals surface area contributed by atoms with Gasteiger partial charge in [0.25, 0.3) is 0 Å². The molecule has 110 valence electrons. The van der Waals surface area contributed by atoms with Crippen molar-refractivity contribution >= 4 is 21.9 Å². The highest BCUT2D eigenvalue weighted by Gasteiger charge is 2.39. The van der Waals surface area contributed by atoms with E-state index in [2.05, 4.69) is 10.2 Å². The smallest absolute Gasteiger partial charge is 0.294 e. The van der Waals surface area contributed by atoms with E-state index in [0.717, 1.165) is 5.56 Å². The molecule has 1 aromatic heterocycles. The molecule has 1 amide bonds. The first-order valence-electron chi connectivity index (χ1n) is 6.30. The van der Waals surface area contributed by atoms with Crippen molar-refractivity contribution in [2.24, 2.45) is 0 Å². The molecule has 0 bridgehead atoms. The van der Waals surface area contributed by atoms with Crippen LogP contribution in [0.5, 0.6) is 0 Å². The minimum atomic E-state index is -4.72. The summed E-state index contributed by atoms with van der Waals surface area (Å²) in [5, 5.41) is 5.47. The number of anilines is 1. The molecule has 0 aliphatic carbocycles. The predicted octanol–water partition coefficient (Wildman–Crippen LogP) is 1.48. The monoisotopic (exact) mass is 309 g/mol. The molecule has 0 radical (unpaired) electrons. The second kappa shape index (κ2) is 4.96. The number of carbonyl (C=O) groups excluding carboxylic acids is 1. The van der Waals surface area contributed by atoms with Crippen LogP contribution in [0.1, 0.15) is 6.42 Å². The number of amides is 1. The van der Waals surface area contributed by atoms with Crippen molar-refractivity contribution in [3.8, 4) is 11.3 Å². The molecule has 1 unspecified atom stereocenters. The fourth-order valence-electron chi connectivity index (χ4n) is 2.30. The molecule has 2 heterocycles. The average Bonchev–Trinajstić information content (AvgIpc) is 3.05. The molecule has 1 aliphatic rings. The summed E-state index contributed by atoms with van der Waals surface area (Å²) in [6, 6.07) is 11.0. The SMILES string of the molecule is O=C1CC(S(=O)(=O)F)CN1c1cc(-c2ccccc2)[nH]n1. The summed E-state index contributed by atoms with van der Waals surface area (Å²) >= 11 is 0. The average molecular weight is 309 g/mol. The maximum Gasteiger partial charge on any atom is 0.307 e. The van der Waals surface area contributed by atoms with Gasteiger partial charge in [0.15, 0.2) is 5.82 Å². The molecule has 1 saturated heterocycles. The summed E-state index contributed by atoms with van der Waals surface area (Å²) in [7, 11) is -4.72. The number of rotatable bonds is 3. The molecule has 21 heavy (non-hydrogen) atoms. The van der Waals surface area contributed by atoms with Gasteiger partial charge in [-0.1, -0.05) is 30.3 Å². The second-order valence-corrected chi connectivity index (χ2v) is 6.43. The third-order valence-corrected chi connectivity index (χ3v) is 4.53. The van der Waals surface area contributed by atoms with Crippen molar-refractivity contribution in [1.29, 1.82) is 0 Å². The molecule has 2 aromatic rings. The Morgan fingerprint density at radius 2 is 2.00 bits per heavy atom. The zero-order valence-electron chi connectivity index (χ0n) is 10.9. The summed E-state index contributed by atoms with van der Waals surface area (Å²) in [5.41, 5.74) is 1.59. The van der Waals surface area contributed by atoms with Crippen LogP contribution in [0.2, 0.25) is 0 Å². The maximum atomic E-state index is 13.0. The number of nitrogens with one attached hydrogen (secondary N) is 1. The van der Waals surface area contributed by atoms with Gasteiger partial charge in [0.1, 0.15) is 5.25 Å². The van der Waals surface area contributed by atoms with E-state index in [4.69, 9.17) is 0 Å². The minimum Gasteiger partial charge on any atom is -0.294 e. The Kier molecular flexibility index (Phi) is 3.25. The summed E-state index contributed by atoms with van der Waals surface area (Å²) < 4.78 is 34.8. The third kappa shape index (κ3) is 2.66. The van der Waals surface area contributed by atoms with E-state index < -0.39 is 21.4 Å². The van der Waals surface area contributed by atoms with Crippen molar-refractivity contribution in [3.63, 3.8) is 0 Å². The number of aromatic nitrogens is 2. The molecule has 1 aliphatic heterocycles. The maximum absolute atomic E-state index is 13.0. The van der Waals surface area contributed by atoms with E-state index in [1.54, 1.807) is 6.07 Å². The van der Waals surface area contributed by atoms with Gasteiger partial charge < -0.3 is 0 Å². The Morgan fingerprint density at radius 3 is 2.62 bits per heavy atom. The predicted molar refractivity (Wildman–Crippen MR) is 74.8 cm³/mol. The number of nitrogens with zero attached hydrogens (tertiary/aromatic N) is 2. The van der Waals surface area contributed by atoms with Crippen LogP contribution in [0.3, 0.4) is 0 Å². The van der Waals surface area contributed by atoms with Crippen molar-refractivity contribution in [2.75, 3.05) is 11.4 Å². The molecule has 8 heteroatoms. The Hall–Kier alpha value is -2.22.